The number of hydrogen-bond donors (Lipinski definition) is 2. The third kappa shape index (κ3) is 2.47. The summed E-state index contributed by atoms with van der Waals surface area (Å²) in [6.45, 7) is 5.81. The topological polar surface area (TPSA) is 95.6 Å². The fraction of sp³-hybridized carbons (Fsp3) is 0.500. The van der Waals surface area contributed by atoms with E-state index in [1.807, 2.05) is 13.8 Å². The van der Waals surface area contributed by atoms with E-state index in [1.165, 1.54) is 13.0 Å². The molecule has 3 aliphatic heterocycles. The summed E-state index contributed by atoms with van der Waals surface area (Å²) in [5.74, 6) is -2.01. The van der Waals surface area contributed by atoms with Gasteiger partial charge in [0.2, 0.25) is 11.8 Å². The average Bonchev–Trinajstić information content (AvgIpc) is 2.58. The SMILES string of the molecule is CC(=O)c1cc(F)c2c(c1)CC1(C(=O)NC(=O)NC1=O)[C@H]1[C@H](C)C[C@H](C)CN21. The van der Waals surface area contributed by atoms with Crippen molar-refractivity contribution in [1.82, 2.24) is 10.6 Å². The number of nitrogens with zero attached hydrogens (tertiary/aromatic N) is 1. The second kappa shape index (κ2) is 6.12. The van der Waals surface area contributed by atoms with Gasteiger partial charge in [0.15, 0.2) is 11.2 Å². The molecule has 0 unspecified atom stereocenters. The zero-order valence-corrected chi connectivity index (χ0v) is 16.0. The third-order valence-corrected chi connectivity index (χ3v) is 6.23. The quantitative estimate of drug-likeness (QED) is 0.566. The van der Waals surface area contributed by atoms with Crippen molar-refractivity contribution in [2.75, 3.05) is 11.4 Å². The van der Waals surface area contributed by atoms with Crippen LogP contribution >= 0.6 is 0 Å². The number of fused-ring (bicyclic) bond motifs is 4. The predicted molar refractivity (Wildman–Crippen MR) is 98.3 cm³/mol. The Balaban J connectivity index is 1.96. The number of barbiturate groups is 1. The zero-order chi connectivity index (χ0) is 20.4. The first-order chi connectivity index (χ1) is 13.1. The fourth-order valence-corrected chi connectivity index (χ4v) is 5.29. The molecule has 0 bridgehead atoms. The van der Waals surface area contributed by atoms with Gasteiger partial charge in [-0.25, -0.2) is 9.18 Å². The molecule has 1 spiro atoms. The molecule has 2 saturated heterocycles. The summed E-state index contributed by atoms with van der Waals surface area (Å²) in [5, 5.41) is 4.44. The largest absolute Gasteiger partial charge is 0.364 e. The standard InChI is InChI=1S/C20H22FN3O4/c1-9-4-10(2)16-20(17(26)22-19(28)23-18(20)27)7-13-5-12(11(3)25)6-14(21)15(13)24(16)8-9/h5-6,9-10,16H,4,7-8H2,1-3H3,(H2,22,23,26,27,28)/t9-,10+,16+/m0/s1. The first-order valence-corrected chi connectivity index (χ1v) is 9.42. The summed E-state index contributed by atoms with van der Waals surface area (Å²) >= 11 is 0. The van der Waals surface area contributed by atoms with E-state index in [0.29, 0.717) is 17.8 Å². The van der Waals surface area contributed by atoms with E-state index < -0.39 is 35.1 Å². The number of ketones is 1. The van der Waals surface area contributed by atoms with E-state index in [-0.39, 0.29) is 29.6 Å². The summed E-state index contributed by atoms with van der Waals surface area (Å²) in [6, 6.07) is 1.34. The number of nitrogens with one attached hydrogen (secondary N) is 2. The Morgan fingerprint density at radius 3 is 2.43 bits per heavy atom. The van der Waals surface area contributed by atoms with Crippen molar-refractivity contribution in [3.8, 4) is 0 Å². The van der Waals surface area contributed by atoms with Gasteiger partial charge in [-0.3, -0.25) is 25.0 Å². The van der Waals surface area contributed by atoms with Gasteiger partial charge in [-0.2, -0.15) is 0 Å². The zero-order valence-electron chi connectivity index (χ0n) is 16.0. The van der Waals surface area contributed by atoms with Gasteiger partial charge in [0, 0.05) is 12.1 Å². The summed E-state index contributed by atoms with van der Waals surface area (Å²) in [5.41, 5.74) is -0.586. The van der Waals surface area contributed by atoms with E-state index in [2.05, 4.69) is 10.6 Å². The molecule has 7 nitrogen and oxygen atoms in total. The van der Waals surface area contributed by atoms with E-state index in [4.69, 9.17) is 0 Å². The van der Waals surface area contributed by atoms with Crippen LogP contribution in [0.1, 0.15) is 43.1 Å². The minimum atomic E-state index is -1.55. The molecule has 0 radical (unpaired) electrons. The molecule has 1 aromatic rings. The first-order valence-electron chi connectivity index (χ1n) is 9.42. The highest BCUT2D eigenvalue weighted by atomic mass is 19.1. The lowest BCUT2D eigenvalue weighted by Gasteiger charge is -2.55. The third-order valence-electron chi connectivity index (χ3n) is 6.23. The Kier molecular flexibility index (Phi) is 4.06. The Labute approximate surface area is 161 Å². The number of carbonyl (C=O) groups excluding carboxylic acids is 4. The molecule has 4 rings (SSSR count). The van der Waals surface area contributed by atoms with Crippen LogP contribution in [0.3, 0.4) is 0 Å². The maximum Gasteiger partial charge on any atom is 0.328 e. The lowest BCUT2D eigenvalue weighted by molar-refractivity contribution is -0.148. The number of amides is 4. The smallest absolute Gasteiger partial charge is 0.328 e. The van der Waals surface area contributed by atoms with Crippen LogP contribution in [0.2, 0.25) is 0 Å². The number of anilines is 1. The monoisotopic (exact) mass is 387 g/mol. The second-order valence-electron chi connectivity index (χ2n) is 8.32. The minimum absolute atomic E-state index is 0.0643. The highest BCUT2D eigenvalue weighted by molar-refractivity contribution is 6.20. The van der Waals surface area contributed by atoms with Crippen LogP contribution in [-0.4, -0.2) is 36.2 Å². The number of urea groups is 1. The number of carbonyl (C=O) groups is 4. The predicted octanol–water partition coefficient (Wildman–Crippen LogP) is 1.79. The molecule has 2 N–H and O–H groups in total. The van der Waals surface area contributed by atoms with Crippen molar-refractivity contribution in [3.63, 3.8) is 0 Å². The highest BCUT2D eigenvalue weighted by Gasteiger charge is 2.62. The number of benzene rings is 1. The normalized spacial score (nSPS) is 28.4. The number of imide groups is 2. The van der Waals surface area contributed by atoms with Crippen LogP contribution in [0.15, 0.2) is 12.1 Å². The second-order valence-corrected chi connectivity index (χ2v) is 8.32. The van der Waals surface area contributed by atoms with Crippen molar-refractivity contribution in [3.05, 3.63) is 29.1 Å². The molecule has 3 atom stereocenters. The van der Waals surface area contributed by atoms with Gasteiger partial charge < -0.3 is 4.90 Å². The van der Waals surface area contributed by atoms with Crippen LogP contribution in [-0.2, 0) is 16.0 Å². The fourth-order valence-electron chi connectivity index (χ4n) is 5.29. The molecular weight excluding hydrogens is 365 g/mol. The lowest BCUT2D eigenvalue weighted by atomic mass is 9.62. The molecule has 0 saturated carbocycles. The summed E-state index contributed by atoms with van der Waals surface area (Å²) in [7, 11) is 0. The van der Waals surface area contributed by atoms with Crippen molar-refractivity contribution < 1.29 is 23.6 Å². The molecule has 4 amide bonds. The summed E-state index contributed by atoms with van der Waals surface area (Å²) in [6.07, 6.45) is 0.713. The van der Waals surface area contributed by atoms with Gasteiger partial charge in [0.05, 0.1) is 11.7 Å². The Bertz CT molecular complexity index is 908. The minimum Gasteiger partial charge on any atom is -0.364 e. The van der Waals surface area contributed by atoms with Crippen molar-refractivity contribution in [2.45, 2.75) is 39.7 Å². The van der Waals surface area contributed by atoms with Crippen LogP contribution in [0, 0.1) is 23.1 Å². The Morgan fingerprint density at radius 1 is 1.18 bits per heavy atom. The first kappa shape index (κ1) is 18.6. The number of Topliss-reactive ketones (excluding diaryl/α,β-unsaturated/α-hetero) is 1. The molecule has 3 heterocycles. The maximum absolute atomic E-state index is 15.1. The van der Waals surface area contributed by atoms with Gasteiger partial charge >= 0.3 is 6.03 Å². The maximum atomic E-state index is 15.1. The molecule has 28 heavy (non-hydrogen) atoms. The van der Waals surface area contributed by atoms with E-state index >= 15 is 4.39 Å². The van der Waals surface area contributed by atoms with Gasteiger partial charge in [-0.15, -0.1) is 0 Å². The number of hydrogen-bond acceptors (Lipinski definition) is 5. The molecule has 148 valence electrons. The highest BCUT2D eigenvalue weighted by Crippen LogP contribution is 2.50. The lowest BCUT2D eigenvalue weighted by Crippen LogP contribution is -2.73. The van der Waals surface area contributed by atoms with Gasteiger partial charge in [0.1, 0.15) is 5.82 Å². The number of rotatable bonds is 1. The van der Waals surface area contributed by atoms with E-state index in [0.717, 1.165) is 6.42 Å². The van der Waals surface area contributed by atoms with Crippen molar-refractivity contribution in [1.29, 1.82) is 0 Å². The number of piperidine rings is 1. The summed E-state index contributed by atoms with van der Waals surface area (Å²) < 4.78 is 15.1. The van der Waals surface area contributed by atoms with Crippen LogP contribution in [0.4, 0.5) is 14.9 Å². The average molecular weight is 387 g/mol. The molecule has 2 fully saturated rings. The molecule has 0 aliphatic carbocycles. The molecule has 3 aliphatic rings. The van der Waals surface area contributed by atoms with Crippen LogP contribution in [0.5, 0.6) is 0 Å². The van der Waals surface area contributed by atoms with Crippen molar-refractivity contribution in [2.24, 2.45) is 17.3 Å². The van der Waals surface area contributed by atoms with Gasteiger partial charge in [-0.05, 0) is 49.3 Å². The molecule has 0 aromatic heterocycles. The molecule has 1 aromatic carbocycles. The van der Waals surface area contributed by atoms with E-state index in [9.17, 15) is 19.2 Å². The number of halogens is 1. The van der Waals surface area contributed by atoms with Crippen LogP contribution < -0.4 is 15.5 Å². The Morgan fingerprint density at radius 2 is 1.82 bits per heavy atom. The van der Waals surface area contributed by atoms with Gasteiger partial charge in [-0.1, -0.05) is 13.8 Å². The Hall–Kier alpha value is -2.77. The van der Waals surface area contributed by atoms with Crippen molar-refractivity contribution >= 4 is 29.3 Å². The van der Waals surface area contributed by atoms with E-state index in [1.54, 1.807) is 11.0 Å². The molecule has 8 heteroatoms. The summed E-state index contributed by atoms with van der Waals surface area (Å²) in [4.78, 5) is 51.3. The van der Waals surface area contributed by atoms with Crippen LogP contribution in [0.25, 0.3) is 0 Å². The van der Waals surface area contributed by atoms with Gasteiger partial charge in [0.25, 0.3) is 0 Å². The molecular formula is C20H22FN3O4.